The molecule has 0 aliphatic carbocycles. The summed E-state index contributed by atoms with van der Waals surface area (Å²) >= 11 is 1.68. The molecule has 1 aliphatic heterocycles. The number of hydrogen-bond acceptors (Lipinski definition) is 2. The molecule has 0 saturated carbocycles. The topological polar surface area (TPSA) is 3.24 Å². The van der Waals surface area contributed by atoms with Crippen molar-refractivity contribution in [3.05, 3.63) is 70.8 Å². The first-order chi connectivity index (χ1) is 10.4. The maximum Gasteiger partial charge on any atom is 0.416 e. The molecule has 0 unspecified atom stereocenters. The van der Waals surface area contributed by atoms with Gasteiger partial charge in [-0.1, -0.05) is 36.0 Å². The second-order valence-corrected chi connectivity index (χ2v) is 6.13. The number of allylic oxidation sites excluding steroid dienone is 1. The van der Waals surface area contributed by atoms with E-state index in [9.17, 15) is 13.2 Å². The molecular formula is C17H14F3NS. The Morgan fingerprint density at radius 2 is 1.73 bits per heavy atom. The van der Waals surface area contributed by atoms with Crippen LogP contribution in [0, 0.1) is 0 Å². The van der Waals surface area contributed by atoms with Crippen LogP contribution >= 0.6 is 11.8 Å². The first-order valence-electron chi connectivity index (χ1n) is 6.82. The largest absolute Gasteiger partial charge is 0.416 e. The highest BCUT2D eigenvalue weighted by molar-refractivity contribution is 8.03. The van der Waals surface area contributed by atoms with Crippen LogP contribution in [0.3, 0.4) is 0 Å². The van der Waals surface area contributed by atoms with Crippen LogP contribution in [-0.2, 0) is 12.6 Å². The Kier molecular flexibility index (Phi) is 3.91. The van der Waals surface area contributed by atoms with Crippen molar-refractivity contribution in [3.63, 3.8) is 0 Å². The Hall–Kier alpha value is -1.88. The standard InChI is InChI=1S/C17H14F3NS/c1-21-14-4-2-3-5-15(14)22-16(21)11-8-12-6-9-13(10-7-12)17(18,19)20/h2-7,9-11H,8H2,1H3/b16-11+. The Bertz CT molecular complexity index is 705. The number of benzene rings is 2. The maximum atomic E-state index is 12.5. The second kappa shape index (κ2) is 5.72. The number of fused-ring (bicyclic) bond motifs is 1. The van der Waals surface area contributed by atoms with Gasteiger partial charge in [0.2, 0.25) is 0 Å². The van der Waals surface area contributed by atoms with Crippen LogP contribution < -0.4 is 4.90 Å². The number of nitrogens with zero attached hydrogens (tertiary/aromatic N) is 1. The van der Waals surface area contributed by atoms with Gasteiger partial charge in [0.1, 0.15) is 0 Å². The van der Waals surface area contributed by atoms with Gasteiger partial charge >= 0.3 is 6.18 Å². The third kappa shape index (κ3) is 2.99. The first-order valence-corrected chi connectivity index (χ1v) is 7.64. The molecule has 0 aromatic heterocycles. The summed E-state index contributed by atoms with van der Waals surface area (Å²) in [7, 11) is 2.00. The van der Waals surface area contributed by atoms with Crippen molar-refractivity contribution in [2.75, 3.05) is 11.9 Å². The molecule has 2 aromatic carbocycles. The smallest absolute Gasteiger partial charge is 0.338 e. The van der Waals surface area contributed by atoms with E-state index in [1.807, 2.05) is 25.3 Å². The minimum Gasteiger partial charge on any atom is -0.338 e. The highest BCUT2D eigenvalue weighted by Crippen LogP contribution is 2.44. The van der Waals surface area contributed by atoms with Gasteiger partial charge in [-0.25, -0.2) is 0 Å². The molecule has 1 heterocycles. The van der Waals surface area contributed by atoms with Crippen molar-refractivity contribution < 1.29 is 13.2 Å². The van der Waals surface area contributed by atoms with Gasteiger partial charge in [0.25, 0.3) is 0 Å². The summed E-state index contributed by atoms with van der Waals surface area (Å²) in [6, 6.07) is 13.4. The summed E-state index contributed by atoms with van der Waals surface area (Å²) in [5.74, 6) is 0. The lowest BCUT2D eigenvalue weighted by Crippen LogP contribution is -2.09. The highest BCUT2D eigenvalue weighted by Gasteiger charge is 2.29. The van der Waals surface area contributed by atoms with E-state index in [0.717, 1.165) is 28.4 Å². The number of alkyl halides is 3. The van der Waals surface area contributed by atoms with Crippen LogP contribution in [0.4, 0.5) is 18.9 Å². The number of rotatable bonds is 2. The van der Waals surface area contributed by atoms with Gasteiger partial charge in [0, 0.05) is 11.9 Å². The molecule has 5 heteroatoms. The molecule has 0 radical (unpaired) electrons. The zero-order valence-electron chi connectivity index (χ0n) is 11.9. The Balaban J connectivity index is 1.73. The lowest BCUT2D eigenvalue weighted by Gasteiger charge is -2.13. The summed E-state index contributed by atoms with van der Waals surface area (Å²) in [6.45, 7) is 0. The van der Waals surface area contributed by atoms with E-state index in [4.69, 9.17) is 0 Å². The van der Waals surface area contributed by atoms with Crippen molar-refractivity contribution in [1.29, 1.82) is 0 Å². The molecule has 1 aliphatic rings. The van der Waals surface area contributed by atoms with Crippen molar-refractivity contribution >= 4 is 17.4 Å². The lowest BCUT2D eigenvalue weighted by atomic mass is 10.1. The third-order valence-electron chi connectivity index (χ3n) is 3.57. The van der Waals surface area contributed by atoms with Crippen molar-refractivity contribution in [2.45, 2.75) is 17.5 Å². The van der Waals surface area contributed by atoms with E-state index < -0.39 is 11.7 Å². The monoisotopic (exact) mass is 321 g/mol. The van der Waals surface area contributed by atoms with Crippen molar-refractivity contribution in [1.82, 2.24) is 0 Å². The van der Waals surface area contributed by atoms with E-state index >= 15 is 0 Å². The summed E-state index contributed by atoms with van der Waals surface area (Å²) in [4.78, 5) is 3.30. The third-order valence-corrected chi connectivity index (χ3v) is 4.78. The first kappa shape index (κ1) is 15.0. The van der Waals surface area contributed by atoms with Gasteiger partial charge in [-0.15, -0.1) is 0 Å². The van der Waals surface area contributed by atoms with Gasteiger partial charge in [0.15, 0.2) is 0 Å². The Labute approximate surface area is 131 Å². The van der Waals surface area contributed by atoms with Crippen LogP contribution in [0.2, 0.25) is 0 Å². The molecule has 0 atom stereocenters. The van der Waals surface area contributed by atoms with E-state index in [2.05, 4.69) is 17.0 Å². The number of halogens is 3. The van der Waals surface area contributed by atoms with Crippen LogP contribution in [0.5, 0.6) is 0 Å². The summed E-state index contributed by atoms with van der Waals surface area (Å²) in [6.07, 6.45) is -1.62. The predicted octanol–water partition coefficient (Wildman–Crippen LogP) is 5.33. The van der Waals surface area contributed by atoms with Gasteiger partial charge in [-0.3, -0.25) is 0 Å². The Morgan fingerprint density at radius 1 is 1.05 bits per heavy atom. The number of anilines is 1. The van der Waals surface area contributed by atoms with E-state index in [1.165, 1.54) is 17.0 Å². The SMILES string of the molecule is CN1/C(=C\Cc2ccc(C(F)(F)F)cc2)Sc2ccccc21. The molecule has 3 rings (SSSR count). The fraction of sp³-hybridized carbons (Fsp3) is 0.176. The predicted molar refractivity (Wildman–Crippen MR) is 83.9 cm³/mol. The summed E-state index contributed by atoms with van der Waals surface area (Å²) < 4.78 is 37.6. The zero-order valence-corrected chi connectivity index (χ0v) is 12.7. The zero-order chi connectivity index (χ0) is 15.7. The minimum atomic E-state index is -4.28. The average Bonchev–Trinajstić information content (AvgIpc) is 2.82. The molecule has 2 aromatic rings. The van der Waals surface area contributed by atoms with Gasteiger partial charge in [0.05, 0.1) is 16.3 Å². The molecule has 0 N–H and O–H groups in total. The van der Waals surface area contributed by atoms with Crippen LogP contribution in [0.1, 0.15) is 11.1 Å². The van der Waals surface area contributed by atoms with Crippen LogP contribution in [0.25, 0.3) is 0 Å². The number of hydrogen-bond donors (Lipinski definition) is 0. The molecule has 114 valence electrons. The van der Waals surface area contributed by atoms with Crippen molar-refractivity contribution in [2.24, 2.45) is 0 Å². The quantitative estimate of drug-likeness (QED) is 0.735. The molecule has 1 nitrogen and oxygen atoms in total. The molecule has 0 saturated heterocycles. The lowest BCUT2D eigenvalue weighted by molar-refractivity contribution is -0.137. The molecule has 0 spiro atoms. The van der Waals surface area contributed by atoms with Gasteiger partial charge < -0.3 is 4.90 Å². The summed E-state index contributed by atoms with van der Waals surface area (Å²) in [5.41, 5.74) is 1.42. The van der Waals surface area contributed by atoms with E-state index in [-0.39, 0.29) is 0 Å². The van der Waals surface area contributed by atoms with E-state index in [1.54, 1.807) is 11.8 Å². The minimum absolute atomic E-state index is 0.608. The maximum absolute atomic E-state index is 12.5. The normalized spacial score (nSPS) is 16.2. The number of thioether (sulfide) groups is 1. The van der Waals surface area contributed by atoms with Crippen LogP contribution in [-0.4, -0.2) is 7.05 Å². The van der Waals surface area contributed by atoms with Crippen molar-refractivity contribution in [3.8, 4) is 0 Å². The fourth-order valence-electron chi connectivity index (χ4n) is 2.33. The number of para-hydroxylation sites is 1. The molecular weight excluding hydrogens is 307 g/mol. The van der Waals surface area contributed by atoms with E-state index in [0.29, 0.717) is 6.42 Å². The van der Waals surface area contributed by atoms with Gasteiger partial charge in [-0.2, -0.15) is 13.2 Å². The fourth-order valence-corrected chi connectivity index (χ4v) is 3.42. The van der Waals surface area contributed by atoms with Gasteiger partial charge in [-0.05, 0) is 42.3 Å². The summed E-state index contributed by atoms with van der Waals surface area (Å²) in [5, 5.41) is 1.10. The van der Waals surface area contributed by atoms with Crippen LogP contribution in [0.15, 0.2) is 64.5 Å². The molecule has 0 bridgehead atoms. The highest BCUT2D eigenvalue weighted by atomic mass is 32.2. The molecule has 0 fully saturated rings. The molecule has 22 heavy (non-hydrogen) atoms. The molecule has 0 amide bonds. The average molecular weight is 321 g/mol. The second-order valence-electron chi connectivity index (χ2n) is 5.07. The Morgan fingerprint density at radius 3 is 2.36 bits per heavy atom.